The summed E-state index contributed by atoms with van der Waals surface area (Å²) in [6.45, 7) is 7.05. The van der Waals surface area contributed by atoms with Crippen molar-refractivity contribution in [3.63, 3.8) is 0 Å². The lowest BCUT2D eigenvalue weighted by molar-refractivity contribution is 0.0772. The number of aliphatic imine (C=N–C) groups is 1. The minimum atomic E-state index is -0.139. The van der Waals surface area contributed by atoms with Gasteiger partial charge in [0.1, 0.15) is 0 Å². The van der Waals surface area contributed by atoms with Crippen LogP contribution in [-0.2, 0) is 19.4 Å². The van der Waals surface area contributed by atoms with Crippen molar-refractivity contribution in [1.82, 2.24) is 14.8 Å². The van der Waals surface area contributed by atoms with Gasteiger partial charge in [-0.1, -0.05) is 13.0 Å². The fourth-order valence-electron chi connectivity index (χ4n) is 5.96. The van der Waals surface area contributed by atoms with Gasteiger partial charge in [-0.05, 0) is 86.1 Å². The van der Waals surface area contributed by atoms with Crippen LogP contribution in [0.25, 0.3) is 0 Å². The van der Waals surface area contributed by atoms with Gasteiger partial charge in [0.15, 0.2) is 0 Å². The van der Waals surface area contributed by atoms with Crippen molar-refractivity contribution in [1.29, 1.82) is 0 Å². The van der Waals surface area contributed by atoms with Crippen molar-refractivity contribution >= 4 is 34.3 Å². The molecule has 1 aromatic carbocycles. The number of hydrogen-bond acceptors (Lipinski definition) is 6. The summed E-state index contributed by atoms with van der Waals surface area (Å²) in [5.74, 6) is 0.122. The molecular weight excluding hydrogens is 494 g/mol. The molecule has 0 aliphatic carbocycles. The number of hydrogen-bond donors (Lipinski definition) is 2. The number of fused-ring (bicyclic) bond motifs is 2. The lowest BCUT2D eigenvalue weighted by atomic mass is 10.00. The zero-order valence-electron chi connectivity index (χ0n) is 22.0. The van der Waals surface area contributed by atoms with Gasteiger partial charge in [0.25, 0.3) is 11.5 Å². The molecule has 5 heterocycles. The molecule has 1 fully saturated rings. The number of benzene rings is 1. The van der Waals surface area contributed by atoms with Crippen molar-refractivity contribution in [3.8, 4) is 0 Å². The second kappa shape index (κ2) is 10.9. The molecule has 1 saturated heterocycles. The summed E-state index contributed by atoms with van der Waals surface area (Å²) in [5, 5.41) is 5.72. The maximum absolute atomic E-state index is 13.2. The fourth-order valence-corrected chi connectivity index (χ4v) is 6.74. The minimum Gasteiger partial charge on any atom is -0.381 e. The van der Waals surface area contributed by atoms with Crippen molar-refractivity contribution in [2.45, 2.75) is 58.0 Å². The van der Waals surface area contributed by atoms with E-state index in [1.807, 2.05) is 17.0 Å². The Hall–Kier alpha value is -3.23. The first-order valence-corrected chi connectivity index (χ1v) is 14.7. The second-order valence-electron chi connectivity index (χ2n) is 10.6. The van der Waals surface area contributed by atoms with Crippen LogP contribution in [0.4, 0.5) is 11.4 Å². The van der Waals surface area contributed by atoms with E-state index in [0.29, 0.717) is 18.5 Å². The number of anilines is 1. The van der Waals surface area contributed by atoms with Gasteiger partial charge >= 0.3 is 0 Å². The number of pyridine rings is 1. The molecule has 3 aromatic rings. The smallest absolute Gasteiger partial charge is 0.259 e. The first-order valence-electron chi connectivity index (χ1n) is 13.8. The molecule has 0 spiro atoms. The summed E-state index contributed by atoms with van der Waals surface area (Å²) in [6.07, 6.45) is 7.70. The molecule has 1 unspecified atom stereocenters. The Labute approximate surface area is 227 Å². The molecule has 0 saturated carbocycles. The van der Waals surface area contributed by atoms with E-state index in [-0.39, 0.29) is 17.5 Å². The van der Waals surface area contributed by atoms with E-state index < -0.39 is 0 Å². The molecule has 2 aromatic heterocycles. The molecule has 1 amide bonds. The van der Waals surface area contributed by atoms with Crippen LogP contribution < -0.4 is 10.9 Å². The average molecular weight is 530 g/mol. The number of amides is 1. The number of carbonyl (C=O) groups excluding carboxylic acids is 1. The van der Waals surface area contributed by atoms with Crippen LogP contribution in [0.1, 0.15) is 64.5 Å². The number of aromatic nitrogens is 1. The third-order valence-electron chi connectivity index (χ3n) is 8.03. The van der Waals surface area contributed by atoms with E-state index in [1.54, 1.807) is 17.5 Å². The third-order valence-corrected chi connectivity index (χ3v) is 8.93. The van der Waals surface area contributed by atoms with E-state index in [9.17, 15) is 9.59 Å². The molecule has 0 radical (unpaired) electrons. The summed E-state index contributed by atoms with van der Waals surface area (Å²) in [5.41, 5.74) is 5.77. The summed E-state index contributed by atoms with van der Waals surface area (Å²) in [7, 11) is 0. The van der Waals surface area contributed by atoms with Gasteiger partial charge in [-0.3, -0.25) is 14.6 Å². The Kier molecular flexibility index (Phi) is 7.17. The van der Waals surface area contributed by atoms with Crippen LogP contribution in [0, 0.1) is 0 Å². The highest BCUT2D eigenvalue weighted by atomic mass is 32.1. The van der Waals surface area contributed by atoms with Crippen molar-refractivity contribution < 1.29 is 4.79 Å². The molecule has 1 atom stereocenters. The molecule has 38 heavy (non-hydrogen) atoms. The molecule has 3 aliphatic rings. The minimum absolute atomic E-state index is 0.122. The van der Waals surface area contributed by atoms with E-state index >= 15 is 0 Å². The molecule has 6 rings (SSSR count). The van der Waals surface area contributed by atoms with Crippen LogP contribution in [-0.4, -0.2) is 58.6 Å². The Morgan fingerprint density at radius 3 is 2.79 bits per heavy atom. The monoisotopic (exact) mass is 529 g/mol. The van der Waals surface area contributed by atoms with Gasteiger partial charge in [0.05, 0.1) is 22.6 Å². The van der Waals surface area contributed by atoms with Crippen molar-refractivity contribution in [2.24, 2.45) is 4.99 Å². The van der Waals surface area contributed by atoms with Gasteiger partial charge in [-0.25, -0.2) is 0 Å². The van der Waals surface area contributed by atoms with Gasteiger partial charge in [-0.15, -0.1) is 11.3 Å². The van der Waals surface area contributed by atoms with Crippen molar-refractivity contribution in [3.05, 3.63) is 79.4 Å². The second-order valence-corrected chi connectivity index (χ2v) is 11.7. The molecule has 0 bridgehead atoms. The molecule has 3 aliphatic heterocycles. The SMILES string of the molecule is CCC(Cc1cccs1)Nc1cc[nH]c(=O)c1C1=Nc2cc3c(cc2C1)C(=O)N(CCCN1CCCC1)C3. The summed E-state index contributed by atoms with van der Waals surface area (Å²) < 4.78 is 0. The number of nitrogens with one attached hydrogen (secondary N) is 2. The largest absolute Gasteiger partial charge is 0.381 e. The van der Waals surface area contributed by atoms with Crippen LogP contribution in [0.15, 0.2) is 51.7 Å². The highest BCUT2D eigenvalue weighted by molar-refractivity contribution is 7.09. The van der Waals surface area contributed by atoms with Crippen LogP contribution in [0.5, 0.6) is 0 Å². The van der Waals surface area contributed by atoms with Gasteiger partial charge in [-0.2, -0.15) is 0 Å². The van der Waals surface area contributed by atoms with E-state index in [4.69, 9.17) is 4.99 Å². The predicted octanol–water partition coefficient (Wildman–Crippen LogP) is 4.99. The van der Waals surface area contributed by atoms with E-state index in [1.165, 1.54) is 30.8 Å². The predicted molar refractivity (Wildman–Crippen MR) is 154 cm³/mol. The number of H-pyrrole nitrogens is 1. The lowest BCUT2D eigenvalue weighted by Gasteiger charge is -2.19. The zero-order valence-corrected chi connectivity index (χ0v) is 22.8. The first-order chi connectivity index (χ1) is 18.6. The summed E-state index contributed by atoms with van der Waals surface area (Å²) >= 11 is 1.76. The Bertz CT molecular complexity index is 1400. The number of likely N-dealkylation sites (tertiary alicyclic amines) is 1. The quantitative estimate of drug-likeness (QED) is 0.388. The molecule has 2 N–H and O–H groups in total. The number of rotatable bonds is 10. The zero-order chi connectivity index (χ0) is 26.1. The number of nitrogens with zero attached hydrogens (tertiary/aromatic N) is 3. The maximum atomic E-state index is 13.2. The van der Waals surface area contributed by atoms with Crippen LogP contribution in [0.3, 0.4) is 0 Å². The van der Waals surface area contributed by atoms with Gasteiger partial charge in [0.2, 0.25) is 0 Å². The number of aromatic amines is 1. The summed E-state index contributed by atoms with van der Waals surface area (Å²) in [4.78, 5) is 39.8. The van der Waals surface area contributed by atoms with Crippen LogP contribution in [0.2, 0.25) is 0 Å². The molecular formula is C30H35N5O2S. The highest BCUT2D eigenvalue weighted by Crippen LogP contribution is 2.36. The molecule has 7 nitrogen and oxygen atoms in total. The average Bonchev–Trinajstić information content (AvgIpc) is 3.72. The number of thiophene rings is 1. The highest BCUT2D eigenvalue weighted by Gasteiger charge is 2.31. The van der Waals surface area contributed by atoms with Gasteiger partial charge in [0, 0.05) is 48.6 Å². The third kappa shape index (κ3) is 5.07. The summed E-state index contributed by atoms with van der Waals surface area (Å²) in [6, 6.07) is 10.5. The maximum Gasteiger partial charge on any atom is 0.259 e. The lowest BCUT2D eigenvalue weighted by Crippen LogP contribution is -2.29. The van der Waals surface area contributed by atoms with Crippen molar-refractivity contribution in [2.75, 3.05) is 31.5 Å². The standard InChI is InChI=1S/C30H35N5O2S/c1-2-22(18-23-7-5-14-38-23)32-25-8-9-31-29(36)28(25)27-16-20-15-24-21(17-26(20)33-27)19-35(30(24)37)13-6-12-34-10-3-4-11-34/h5,7-9,14-15,17,22H,2-4,6,10-13,16,18-19H2,1H3,(H2,31,32,36). The fraction of sp³-hybridized carbons (Fsp3) is 0.433. The van der Waals surface area contributed by atoms with Gasteiger partial charge < -0.3 is 20.1 Å². The normalized spacial score (nSPS) is 17.6. The Balaban J connectivity index is 1.18. The van der Waals surface area contributed by atoms with E-state index in [0.717, 1.165) is 66.1 Å². The Morgan fingerprint density at radius 1 is 1.13 bits per heavy atom. The Morgan fingerprint density at radius 2 is 2.00 bits per heavy atom. The van der Waals surface area contributed by atoms with Crippen LogP contribution >= 0.6 is 11.3 Å². The molecule has 8 heteroatoms. The molecule has 198 valence electrons. The topological polar surface area (TPSA) is 80.8 Å². The first kappa shape index (κ1) is 25.1. The number of carbonyl (C=O) groups is 1. The van der Waals surface area contributed by atoms with E-state index in [2.05, 4.69) is 45.7 Å².